The van der Waals surface area contributed by atoms with Gasteiger partial charge in [0.2, 0.25) is 6.29 Å². The first kappa shape index (κ1) is 44.3. The highest BCUT2D eigenvalue weighted by Gasteiger charge is 2.72. The summed E-state index contributed by atoms with van der Waals surface area (Å²) < 4.78 is 22.6. The molecule has 0 aromatic rings. The van der Waals surface area contributed by atoms with E-state index >= 15 is 0 Å². The Balaban J connectivity index is 1.18. The van der Waals surface area contributed by atoms with Crippen LogP contribution in [0, 0.1) is 50.2 Å². The summed E-state index contributed by atoms with van der Waals surface area (Å²) in [5.74, 6) is -2.33. The van der Waals surface area contributed by atoms with Gasteiger partial charge in [0.1, 0.15) is 48.8 Å². The van der Waals surface area contributed by atoms with E-state index in [1.807, 2.05) is 20.8 Å². The van der Waals surface area contributed by atoms with E-state index in [4.69, 9.17) is 18.9 Å². The van der Waals surface area contributed by atoms with Gasteiger partial charge in [0, 0.05) is 11.3 Å². The van der Waals surface area contributed by atoms with Crippen molar-refractivity contribution in [1.82, 2.24) is 0 Å². The lowest BCUT2D eigenvalue weighted by atomic mass is 9.33. The number of carbonyl (C=O) groups excluding carboxylic acids is 2. The number of rotatable bonds is 6. The highest BCUT2D eigenvalue weighted by molar-refractivity contribution is 5.79. The first-order chi connectivity index (χ1) is 27.0. The first-order valence-corrected chi connectivity index (χ1v) is 21.1. The van der Waals surface area contributed by atoms with Gasteiger partial charge in [-0.05, 0) is 91.3 Å². The molecule has 16 nitrogen and oxygen atoms in total. The number of carbonyl (C=O) groups is 2. The molecule has 0 amide bonds. The third-order valence-electron chi connectivity index (χ3n) is 17.5. The topological polar surface area (TPSA) is 273 Å². The SMILES string of the molecule is CC1(C)CCC2(C(=O)OC3OC(CO)C(O)C(O)C3O)CCC3(C)C(=CCC4C5(C)CCC(OC(=O)C6OC(O)C(O)C(O)C6O)C(C)(CO)C5CCC43C)C2C1O. The maximum absolute atomic E-state index is 14.6. The van der Waals surface area contributed by atoms with E-state index in [0.717, 1.165) is 12.0 Å². The van der Waals surface area contributed by atoms with E-state index in [2.05, 4.69) is 26.8 Å². The lowest BCUT2D eigenvalue weighted by Gasteiger charge is -2.71. The smallest absolute Gasteiger partial charge is 0.338 e. The fraction of sp³-hybridized carbons (Fsp3) is 0.905. The van der Waals surface area contributed by atoms with E-state index in [0.29, 0.717) is 51.4 Å². The number of esters is 2. The summed E-state index contributed by atoms with van der Waals surface area (Å²) in [6.45, 7) is 11.7. The van der Waals surface area contributed by atoms with Crippen molar-refractivity contribution in [2.24, 2.45) is 50.2 Å². The molecule has 16 heteroatoms. The number of aliphatic hydroxyl groups excluding tert-OH is 10. The normalized spacial score (nSPS) is 53.8. The Morgan fingerprint density at radius 3 is 2.03 bits per heavy atom. The van der Waals surface area contributed by atoms with Gasteiger partial charge < -0.3 is 70.0 Å². The molecule has 20 atom stereocenters. The molecule has 330 valence electrons. The molecular weight excluding hydrogens is 760 g/mol. The molecule has 4 saturated carbocycles. The number of ether oxygens (including phenoxy) is 4. The number of fused-ring (bicyclic) bond motifs is 7. The van der Waals surface area contributed by atoms with Crippen LogP contribution in [0.15, 0.2) is 11.6 Å². The number of aliphatic hydroxyl groups is 10. The Morgan fingerprint density at radius 1 is 0.724 bits per heavy atom. The Kier molecular flexibility index (Phi) is 11.4. The standard InChI is InChI=1S/C42H66O16/c1-37(2)13-15-42(36(54)58-35-30(50)26(46)25(45)20(17-43)55-35)16-14-40(5)19(24(42)32(37)51)7-8-22-38(3)11-10-23(39(4,18-44)21(38)9-12-41(22,40)6)56-34(53)31-28(48)27(47)29(49)33(52)57-31/h7,20-33,35,43-52H,8-18H2,1-6H3. The molecule has 20 unspecified atom stereocenters. The molecule has 58 heavy (non-hydrogen) atoms. The second kappa shape index (κ2) is 14.9. The maximum Gasteiger partial charge on any atom is 0.338 e. The molecule has 10 N–H and O–H groups in total. The minimum absolute atomic E-state index is 0.0904. The van der Waals surface area contributed by atoms with Crippen molar-refractivity contribution in [2.75, 3.05) is 13.2 Å². The lowest BCUT2D eigenvalue weighted by Crippen LogP contribution is -2.68. The summed E-state index contributed by atoms with van der Waals surface area (Å²) in [5.41, 5.74) is -2.80. The van der Waals surface area contributed by atoms with Crippen LogP contribution in [0.25, 0.3) is 0 Å². The summed E-state index contributed by atoms with van der Waals surface area (Å²) in [7, 11) is 0. The van der Waals surface area contributed by atoms with Crippen LogP contribution < -0.4 is 0 Å². The van der Waals surface area contributed by atoms with Gasteiger partial charge in [-0.25, -0.2) is 4.79 Å². The number of hydrogen-bond acceptors (Lipinski definition) is 16. The lowest BCUT2D eigenvalue weighted by molar-refractivity contribution is -0.298. The monoisotopic (exact) mass is 826 g/mol. The molecule has 5 aliphatic carbocycles. The first-order valence-electron chi connectivity index (χ1n) is 21.1. The van der Waals surface area contributed by atoms with Crippen LogP contribution in [0.1, 0.15) is 99.3 Å². The average Bonchev–Trinajstić information content (AvgIpc) is 3.18. The molecule has 7 rings (SSSR count). The number of hydrogen-bond donors (Lipinski definition) is 10. The van der Waals surface area contributed by atoms with Crippen LogP contribution >= 0.6 is 0 Å². The fourth-order valence-electron chi connectivity index (χ4n) is 13.4. The van der Waals surface area contributed by atoms with Gasteiger partial charge in [-0.1, -0.05) is 53.2 Å². The molecule has 6 fully saturated rings. The summed E-state index contributed by atoms with van der Waals surface area (Å²) in [5, 5.41) is 105. The van der Waals surface area contributed by atoms with Crippen molar-refractivity contribution in [2.45, 2.75) is 173 Å². The van der Waals surface area contributed by atoms with Crippen LogP contribution in [0.3, 0.4) is 0 Å². The zero-order chi connectivity index (χ0) is 42.7. The van der Waals surface area contributed by atoms with Gasteiger partial charge in [0.05, 0.1) is 24.7 Å². The van der Waals surface area contributed by atoms with E-state index < -0.39 is 120 Å². The van der Waals surface area contributed by atoms with Gasteiger partial charge in [0.15, 0.2) is 12.4 Å². The van der Waals surface area contributed by atoms with Gasteiger partial charge in [-0.3, -0.25) is 4.79 Å². The zero-order valence-electron chi connectivity index (χ0n) is 34.4. The highest BCUT2D eigenvalue weighted by atomic mass is 16.7. The van der Waals surface area contributed by atoms with Gasteiger partial charge in [0.25, 0.3) is 0 Å². The predicted molar refractivity (Wildman–Crippen MR) is 200 cm³/mol. The van der Waals surface area contributed by atoms with Crippen molar-refractivity contribution in [3.63, 3.8) is 0 Å². The van der Waals surface area contributed by atoms with Crippen LogP contribution in [0.2, 0.25) is 0 Å². The molecule has 7 aliphatic rings. The van der Waals surface area contributed by atoms with Gasteiger partial charge in [-0.2, -0.15) is 0 Å². The molecule has 0 spiro atoms. The van der Waals surface area contributed by atoms with Crippen LogP contribution in [-0.2, 0) is 28.5 Å². The van der Waals surface area contributed by atoms with Crippen LogP contribution in [0.5, 0.6) is 0 Å². The molecule has 0 aromatic heterocycles. The quantitative estimate of drug-likeness (QED) is 0.123. The molecule has 2 saturated heterocycles. The molecular formula is C42H66O16. The molecule has 2 heterocycles. The predicted octanol–water partition coefficient (Wildman–Crippen LogP) is -0.214. The molecule has 0 radical (unpaired) electrons. The van der Waals surface area contributed by atoms with Crippen molar-refractivity contribution >= 4 is 11.9 Å². The van der Waals surface area contributed by atoms with E-state index in [9.17, 15) is 60.7 Å². The van der Waals surface area contributed by atoms with Crippen molar-refractivity contribution in [3.05, 3.63) is 11.6 Å². The van der Waals surface area contributed by atoms with Crippen LogP contribution in [-0.4, -0.2) is 150 Å². The summed E-state index contributed by atoms with van der Waals surface area (Å²) in [6.07, 6.45) is -11.7. The van der Waals surface area contributed by atoms with E-state index in [1.165, 1.54) is 0 Å². The van der Waals surface area contributed by atoms with E-state index in [1.54, 1.807) is 0 Å². The molecule has 0 aromatic carbocycles. The largest absolute Gasteiger partial charge is 0.460 e. The Labute approximate surface area is 339 Å². The Hall–Kier alpha value is -1.80. The van der Waals surface area contributed by atoms with Crippen LogP contribution in [0.4, 0.5) is 0 Å². The Bertz CT molecular complexity index is 1620. The zero-order valence-corrected chi connectivity index (χ0v) is 34.4. The molecule has 0 bridgehead atoms. The van der Waals surface area contributed by atoms with E-state index in [-0.39, 0.29) is 29.3 Å². The second-order valence-electron chi connectivity index (χ2n) is 20.5. The Morgan fingerprint density at radius 2 is 1.38 bits per heavy atom. The fourth-order valence-corrected chi connectivity index (χ4v) is 13.4. The minimum atomic E-state index is -1.91. The second-order valence-corrected chi connectivity index (χ2v) is 20.5. The average molecular weight is 827 g/mol. The summed E-state index contributed by atoms with van der Waals surface area (Å²) in [4.78, 5) is 28.0. The number of allylic oxidation sites excluding steroid dienone is 1. The van der Waals surface area contributed by atoms with Gasteiger partial charge >= 0.3 is 11.9 Å². The molecule has 2 aliphatic heterocycles. The minimum Gasteiger partial charge on any atom is -0.460 e. The summed E-state index contributed by atoms with van der Waals surface area (Å²) >= 11 is 0. The van der Waals surface area contributed by atoms with Crippen molar-refractivity contribution in [1.29, 1.82) is 0 Å². The maximum atomic E-state index is 14.6. The van der Waals surface area contributed by atoms with Crippen molar-refractivity contribution < 1.29 is 79.6 Å². The third kappa shape index (κ3) is 6.21. The third-order valence-corrected chi connectivity index (χ3v) is 17.5. The summed E-state index contributed by atoms with van der Waals surface area (Å²) in [6, 6.07) is 0. The van der Waals surface area contributed by atoms with Crippen molar-refractivity contribution in [3.8, 4) is 0 Å². The van der Waals surface area contributed by atoms with Gasteiger partial charge in [-0.15, -0.1) is 0 Å². The highest BCUT2D eigenvalue weighted by Crippen LogP contribution is 2.76.